The van der Waals surface area contributed by atoms with Gasteiger partial charge in [-0.3, -0.25) is 0 Å². The van der Waals surface area contributed by atoms with Gasteiger partial charge in [0.2, 0.25) is 10.0 Å². The van der Waals surface area contributed by atoms with Crippen molar-refractivity contribution in [3.05, 3.63) is 59.1 Å². The van der Waals surface area contributed by atoms with Crippen LogP contribution in [0.5, 0.6) is 5.75 Å². The summed E-state index contributed by atoms with van der Waals surface area (Å²) >= 11 is 5.85. The Kier molecular flexibility index (Phi) is 6.19. The van der Waals surface area contributed by atoms with Crippen molar-refractivity contribution in [1.29, 1.82) is 0 Å². The first-order valence-electron chi connectivity index (χ1n) is 6.96. The third-order valence-electron chi connectivity index (χ3n) is 3.18. The molecule has 0 saturated heterocycles. The van der Waals surface area contributed by atoms with Crippen LogP contribution in [0, 0.1) is 0 Å². The fourth-order valence-electron chi connectivity index (χ4n) is 1.94. The molecular weight excluding hydrogens is 352 g/mol. The number of halogens is 1. The summed E-state index contributed by atoms with van der Waals surface area (Å²) in [4.78, 5) is 4.93. The lowest BCUT2D eigenvalue weighted by atomic mass is 10.1. The third kappa shape index (κ3) is 4.70. The predicted octanol–water partition coefficient (Wildman–Crippen LogP) is 2.68. The van der Waals surface area contributed by atoms with Gasteiger partial charge in [0.05, 0.1) is 18.6 Å². The van der Waals surface area contributed by atoms with E-state index in [9.17, 15) is 8.42 Å². The normalized spacial score (nSPS) is 12.0. The zero-order valence-corrected chi connectivity index (χ0v) is 14.8. The number of nitrogens with zero attached hydrogens (tertiary/aromatic N) is 1. The van der Waals surface area contributed by atoms with E-state index in [1.807, 2.05) is 0 Å². The summed E-state index contributed by atoms with van der Waals surface area (Å²) in [7, 11) is -0.771. The molecule has 0 radical (unpaired) electrons. The molecule has 0 aromatic heterocycles. The molecule has 2 rings (SSSR count). The van der Waals surface area contributed by atoms with Crippen molar-refractivity contribution in [2.45, 2.75) is 4.90 Å². The maximum absolute atomic E-state index is 12.4. The number of hydrogen-bond donors (Lipinski definition) is 1. The summed E-state index contributed by atoms with van der Waals surface area (Å²) in [5.74, 6) is 0.580. The van der Waals surface area contributed by atoms with Gasteiger partial charge in [0, 0.05) is 10.6 Å². The van der Waals surface area contributed by atoms with E-state index < -0.39 is 10.0 Å². The Labute approximate surface area is 146 Å². The minimum Gasteiger partial charge on any atom is -0.497 e. The average molecular weight is 369 g/mol. The van der Waals surface area contributed by atoms with Gasteiger partial charge in [0.25, 0.3) is 0 Å². The molecule has 0 unspecified atom stereocenters. The van der Waals surface area contributed by atoms with Crippen molar-refractivity contribution in [2.24, 2.45) is 5.16 Å². The zero-order valence-electron chi connectivity index (χ0n) is 13.2. The molecule has 1 N–H and O–H groups in total. The van der Waals surface area contributed by atoms with Crippen LogP contribution in [0.4, 0.5) is 0 Å². The lowest BCUT2D eigenvalue weighted by Crippen LogP contribution is -2.30. The highest BCUT2D eigenvalue weighted by atomic mass is 35.5. The average Bonchev–Trinajstić information content (AvgIpc) is 2.59. The first kappa shape index (κ1) is 18.3. The van der Waals surface area contributed by atoms with Crippen LogP contribution in [0.1, 0.15) is 5.56 Å². The monoisotopic (exact) mass is 368 g/mol. The molecule has 0 aliphatic rings. The molecule has 6 nitrogen and oxygen atoms in total. The fourth-order valence-corrected chi connectivity index (χ4v) is 3.05. The summed E-state index contributed by atoms with van der Waals surface area (Å²) in [5, 5.41) is 4.45. The Morgan fingerprint density at radius 2 is 1.71 bits per heavy atom. The van der Waals surface area contributed by atoms with E-state index in [0.717, 1.165) is 0 Å². The number of nitrogens with one attached hydrogen (secondary N) is 1. The minimum absolute atomic E-state index is 0.0240. The highest BCUT2D eigenvalue weighted by Gasteiger charge is 2.16. The molecule has 0 heterocycles. The topological polar surface area (TPSA) is 77.0 Å². The number of sulfonamides is 1. The summed E-state index contributed by atoms with van der Waals surface area (Å²) in [5.41, 5.74) is 1.14. The largest absolute Gasteiger partial charge is 0.497 e. The quantitative estimate of drug-likeness (QED) is 0.602. The van der Waals surface area contributed by atoms with Crippen LogP contribution in [0.15, 0.2) is 58.6 Å². The van der Waals surface area contributed by atoms with Gasteiger partial charge in [-0.25, -0.2) is 13.1 Å². The molecular formula is C16H17ClN2O4S. The standard InChI is InChI=1S/C16H17ClN2O4S/c1-22-14-7-9-15(10-8-14)24(20,21)18-11-16(19-23-2)12-3-5-13(17)6-4-12/h3-10,18H,11H2,1-2H3/b19-16+. The van der Waals surface area contributed by atoms with Crippen molar-refractivity contribution in [3.8, 4) is 5.75 Å². The molecule has 128 valence electrons. The molecule has 2 aromatic rings. The van der Waals surface area contributed by atoms with Gasteiger partial charge in [0.15, 0.2) is 0 Å². The van der Waals surface area contributed by atoms with E-state index in [1.165, 1.54) is 26.4 Å². The molecule has 0 aliphatic carbocycles. The van der Waals surface area contributed by atoms with Gasteiger partial charge < -0.3 is 9.57 Å². The predicted molar refractivity (Wildman–Crippen MR) is 93.2 cm³/mol. The summed E-state index contributed by atoms with van der Waals surface area (Å²) in [6, 6.07) is 13.0. The number of oxime groups is 1. The SMILES string of the molecule is CO/N=C(\CNS(=O)(=O)c1ccc(OC)cc1)c1ccc(Cl)cc1. The molecule has 0 spiro atoms. The molecule has 0 bridgehead atoms. The van der Waals surface area contributed by atoms with Gasteiger partial charge in [-0.15, -0.1) is 0 Å². The second-order valence-corrected chi connectivity index (χ2v) is 6.93. The highest BCUT2D eigenvalue weighted by Crippen LogP contribution is 2.15. The summed E-state index contributed by atoms with van der Waals surface area (Å²) in [6.45, 7) is -0.0240. The molecule has 0 atom stereocenters. The van der Waals surface area contributed by atoms with Gasteiger partial charge in [-0.2, -0.15) is 0 Å². The van der Waals surface area contributed by atoms with Gasteiger partial charge in [-0.05, 0) is 36.4 Å². The van der Waals surface area contributed by atoms with Crippen molar-refractivity contribution < 1.29 is 18.0 Å². The number of hydrogen-bond acceptors (Lipinski definition) is 5. The lowest BCUT2D eigenvalue weighted by Gasteiger charge is -2.10. The van der Waals surface area contributed by atoms with Crippen LogP contribution in [0.3, 0.4) is 0 Å². The minimum atomic E-state index is -3.68. The van der Waals surface area contributed by atoms with E-state index in [-0.39, 0.29) is 11.4 Å². The Bertz CT molecular complexity index is 803. The van der Waals surface area contributed by atoms with Gasteiger partial charge in [0.1, 0.15) is 18.6 Å². The Morgan fingerprint density at radius 3 is 2.25 bits per heavy atom. The van der Waals surface area contributed by atoms with Crippen molar-refractivity contribution >= 4 is 27.3 Å². The van der Waals surface area contributed by atoms with Crippen molar-refractivity contribution in [1.82, 2.24) is 4.72 Å². The molecule has 0 saturated carbocycles. The number of ether oxygens (including phenoxy) is 1. The second kappa shape index (κ2) is 8.14. The highest BCUT2D eigenvalue weighted by molar-refractivity contribution is 7.89. The zero-order chi connectivity index (χ0) is 17.6. The number of methoxy groups -OCH3 is 1. The van der Waals surface area contributed by atoms with E-state index >= 15 is 0 Å². The van der Waals surface area contributed by atoms with Crippen molar-refractivity contribution in [2.75, 3.05) is 20.8 Å². The Hall–Kier alpha value is -2.09. The van der Waals surface area contributed by atoms with E-state index in [2.05, 4.69) is 9.88 Å². The van der Waals surface area contributed by atoms with Gasteiger partial charge >= 0.3 is 0 Å². The molecule has 0 amide bonds. The molecule has 2 aromatic carbocycles. The van der Waals surface area contributed by atoms with Crippen molar-refractivity contribution in [3.63, 3.8) is 0 Å². The summed E-state index contributed by atoms with van der Waals surface area (Å²) < 4.78 is 32.2. The van der Waals surface area contributed by atoms with E-state index in [4.69, 9.17) is 21.2 Å². The molecule has 0 fully saturated rings. The first-order valence-corrected chi connectivity index (χ1v) is 8.82. The van der Waals surface area contributed by atoms with Crippen LogP contribution in [-0.2, 0) is 14.9 Å². The molecule has 24 heavy (non-hydrogen) atoms. The second-order valence-electron chi connectivity index (χ2n) is 4.73. The maximum atomic E-state index is 12.4. The first-order chi connectivity index (χ1) is 11.5. The Morgan fingerprint density at radius 1 is 1.08 bits per heavy atom. The lowest BCUT2D eigenvalue weighted by molar-refractivity contribution is 0.213. The van der Waals surface area contributed by atoms with Crippen LogP contribution in [0.25, 0.3) is 0 Å². The van der Waals surface area contributed by atoms with Gasteiger partial charge in [-0.1, -0.05) is 28.9 Å². The van der Waals surface area contributed by atoms with Crippen LogP contribution < -0.4 is 9.46 Å². The Balaban J connectivity index is 2.15. The summed E-state index contributed by atoms with van der Waals surface area (Å²) in [6.07, 6.45) is 0. The fraction of sp³-hybridized carbons (Fsp3) is 0.188. The molecule has 8 heteroatoms. The number of rotatable bonds is 7. The molecule has 0 aliphatic heterocycles. The number of benzene rings is 2. The van der Waals surface area contributed by atoms with E-state index in [0.29, 0.717) is 22.0 Å². The van der Waals surface area contributed by atoms with Crippen LogP contribution in [-0.4, -0.2) is 34.9 Å². The van der Waals surface area contributed by atoms with E-state index in [1.54, 1.807) is 36.4 Å². The van der Waals surface area contributed by atoms with Crippen LogP contribution >= 0.6 is 11.6 Å². The third-order valence-corrected chi connectivity index (χ3v) is 4.85. The van der Waals surface area contributed by atoms with Crippen LogP contribution in [0.2, 0.25) is 5.02 Å². The maximum Gasteiger partial charge on any atom is 0.240 e. The smallest absolute Gasteiger partial charge is 0.240 e.